The predicted octanol–water partition coefficient (Wildman–Crippen LogP) is 2.07. The van der Waals surface area contributed by atoms with E-state index in [1.807, 2.05) is 30.3 Å². The summed E-state index contributed by atoms with van der Waals surface area (Å²) >= 11 is 1.58. The highest BCUT2D eigenvalue weighted by Gasteiger charge is 2.41. The van der Waals surface area contributed by atoms with E-state index < -0.39 is 18.3 Å². The third kappa shape index (κ3) is 3.05. The second-order valence-electron chi connectivity index (χ2n) is 6.16. The number of thiophene rings is 1. The van der Waals surface area contributed by atoms with Crippen LogP contribution in [0.1, 0.15) is 30.2 Å². The lowest BCUT2D eigenvalue weighted by Crippen LogP contribution is -2.25. The van der Waals surface area contributed by atoms with Gasteiger partial charge in [-0.05, 0) is 42.7 Å². The summed E-state index contributed by atoms with van der Waals surface area (Å²) in [6.45, 7) is -0.123. The van der Waals surface area contributed by atoms with Crippen LogP contribution in [0, 0.1) is 11.8 Å². The van der Waals surface area contributed by atoms with Gasteiger partial charge < -0.3 is 20.4 Å². The van der Waals surface area contributed by atoms with Gasteiger partial charge in [-0.15, -0.1) is 11.3 Å². The van der Waals surface area contributed by atoms with Gasteiger partial charge in [-0.25, -0.2) is 0 Å². The maximum absolute atomic E-state index is 10.4. The van der Waals surface area contributed by atoms with Gasteiger partial charge in [-0.1, -0.05) is 18.2 Å². The Morgan fingerprint density at radius 2 is 1.86 bits per heavy atom. The molecular weight excluding hydrogens is 300 g/mol. The molecule has 1 fully saturated rings. The topological polar surface area (TPSA) is 80.9 Å². The number of aliphatic hydroxyl groups is 4. The summed E-state index contributed by atoms with van der Waals surface area (Å²) in [4.78, 5) is 0.926. The number of hydrogen-bond acceptors (Lipinski definition) is 5. The Morgan fingerprint density at radius 3 is 2.59 bits per heavy atom. The average molecular weight is 322 g/mol. The highest BCUT2D eigenvalue weighted by Crippen LogP contribution is 2.38. The summed E-state index contributed by atoms with van der Waals surface area (Å²) in [5, 5.41) is 40.7. The molecule has 1 heterocycles. The van der Waals surface area contributed by atoms with Crippen LogP contribution in [0.5, 0.6) is 0 Å². The molecule has 0 spiro atoms. The van der Waals surface area contributed by atoms with Gasteiger partial charge in [0.05, 0.1) is 18.3 Å². The van der Waals surface area contributed by atoms with E-state index in [1.165, 1.54) is 0 Å². The van der Waals surface area contributed by atoms with E-state index in [0.29, 0.717) is 19.3 Å². The fourth-order valence-corrected chi connectivity index (χ4v) is 4.58. The summed E-state index contributed by atoms with van der Waals surface area (Å²) in [5.74, 6) is -0.436. The lowest BCUT2D eigenvalue weighted by Gasteiger charge is -2.22. The molecule has 1 aromatic heterocycles. The minimum atomic E-state index is -0.647. The van der Waals surface area contributed by atoms with Gasteiger partial charge in [0.1, 0.15) is 0 Å². The zero-order valence-electron chi connectivity index (χ0n) is 12.3. The summed E-state index contributed by atoms with van der Waals surface area (Å²) in [7, 11) is 0. The van der Waals surface area contributed by atoms with Gasteiger partial charge in [0.25, 0.3) is 0 Å². The van der Waals surface area contributed by atoms with Crippen molar-refractivity contribution in [3.63, 3.8) is 0 Å². The number of rotatable bonds is 5. The van der Waals surface area contributed by atoms with E-state index in [-0.39, 0.29) is 18.4 Å². The fraction of sp³-hybridized carbons (Fsp3) is 0.529. The van der Waals surface area contributed by atoms with Crippen LogP contribution in [0.15, 0.2) is 30.3 Å². The molecule has 1 saturated carbocycles. The third-order valence-electron chi connectivity index (χ3n) is 4.78. The summed E-state index contributed by atoms with van der Waals surface area (Å²) in [6.07, 6.45) is -0.374. The van der Waals surface area contributed by atoms with E-state index in [0.717, 1.165) is 15.0 Å². The molecule has 0 saturated heterocycles. The van der Waals surface area contributed by atoms with Crippen molar-refractivity contribution in [3.8, 4) is 0 Å². The van der Waals surface area contributed by atoms with Crippen LogP contribution >= 0.6 is 11.3 Å². The molecule has 0 amide bonds. The molecule has 5 atom stereocenters. The molecule has 0 bridgehead atoms. The molecule has 1 aliphatic carbocycles. The van der Waals surface area contributed by atoms with Crippen molar-refractivity contribution in [2.45, 2.75) is 37.6 Å². The Hall–Kier alpha value is -0.980. The van der Waals surface area contributed by atoms with Crippen LogP contribution in [0.2, 0.25) is 0 Å². The highest BCUT2D eigenvalue weighted by atomic mass is 32.1. The van der Waals surface area contributed by atoms with E-state index in [9.17, 15) is 20.4 Å². The molecule has 4 nitrogen and oxygen atoms in total. The van der Waals surface area contributed by atoms with Crippen molar-refractivity contribution in [2.24, 2.45) is 11.8 Å². The Balaban J connectivity index is 1.65. The molecule has 22 heavy (non-hydrogen) atoms. The third-order valence-corrected chi connectivity index (χ3v) is 6.00. The molecule has 120 valence electrons. The first-order valence-corrected chi connectivity index (χ1v) is 8.55. The maximum atomic E-state index is 10.4. The summed E-state index contributed by atoms with van der Waals surface area (Å²) in [6, 6.07) is 10.0. The van der Waals surface area contributed by atoms with Gasteiger partial charge in [0, 0.05) is 22.1 Å². The average Bonchev–Trinajstić information content (AvgIpc) is 3.05. The van der Waals surface area contributed by atoms with E-state index in [1.54, 1.807) is 11.3 Å². The van der Waals surface area contributed by atoms with E-state index in [4.69, 9.17) is 0 Å². The van der Waals surface area contributed by atoms with Crippen molar-refractivity contribution in [2.75, 3.05) is 6.61 Å². The van der Waals surface area contributed by atoms with Gasteiger partial charge in [0.2, 0.25) is 0 Å². The Labute approximate surface area is 133 Å². The molecule has 0 aliphatic heterocycles. The van der Waals surface area contributed by atoms with Gasteiger partial charge >= 0.3 is 0 Å². The van der Waals surface area contributed by atoms with Crippen LogP contribution < -0.4 is 0 Å². The molecule has 5 heteroatoms. The SMILES string of the molecule is OC[C@@H]1C(CC[C@@H](O)c2cc3ccccc3s2)[C@H](O)C[C@@H]1O. The van der Waals surface area contributed by atoms with Crippen molar-refractivity contribution < 1.29 is 20.4 Å². The van der Waals surface area contributed by atoms with Gasteiger partial charge in [0.15, 0.2) is 0 Å². The van der Waals surface area contributed by atoms with Crippen molar-refractivity contribution in [1.29, 1.82) is 0 Å². The second-order valence-corrected chi connectivity index (χ2v) is 7.28. The summed E-state index contributed by atoms with van der Waals surface area (Å²) in [5.41, 5.74) is 0. The monoisotopic (exact) mass is 322 g/mol. The molecule has 1 aliphatic rings. The number of hydrogen-bond donors (Lipinski definition) is 4. The predicted molar refractivity (Wildman–Crippen MR) is 86.7 cm³/mol. The standard InChI is InChI=1S/C17H22O4S/c18-9-12-11(14(20)8-15(12)21)5-6-13(19)17-7-10-3-1-2-4-16(10)22-17/h1-4,7,11-15,18-21H,5-6,8-9H2/t11?,12-,13-,14-,15+/m1/s1. The maximum Gasteiger partial charge on any atom is 0.0882 e. The minimum absolute atomic E-state index is 0.123. The largest absolute Gasteiger partial charge is 0.396 e. The first-order valence-electron chi connectivity index (χ1n) is 7.73. The number of aliphatic hydroxyl groups excluding tert-OH is 4. The second kappa shape index (κ2) is 6.64. The van der Waals surface area contributed by atoms with Gasteiger partial charge in [-0.2, -0.15) is 0 Å². The van der Waals surface area contributed by atoms with Crippen molar-refractivity contribution >= 4 is 21.4 Å². The zero-order valence-corrected chi connectivity index (χ0v) is 13.1. The van der Waals surface area contributed by atoms with Crippen molar-refractivity contribution in [3.05, 3.63) is 35.2 Å². The molecule has 1 aromatic carbocycles. The minimum Gasteiger partial charge on any atom is -0.396 e. The molecule has 2 aromatic rings. The molecular formula is C17H22O4S. The first kappa shape index (κ1) is 15.9. The van der Waals surface area contributed by atoms with Crippen LogP contribution in [-0.4, -0.2) is 39.2 Å². The van der Waals surface area contributed by atoms with Gasteiger partial charge in [-0.3, -0.25) is 0 Å². The van der Waals surface area contributed by atoms with Crippen molar-refractivity contribution in [1.82, 2.24) is 0 Å². The zero-order chi connectivity index (χ0) is 15.7. The van der Waals surface area contributed by atoms with Crippen LogP contribution in [0.25, 0.3) is 10.1 Å². The Morgan fingerprint density at radius 1 is 1.14 bits per heavy atom. The molecule has 0 radical (unpaired) electrons. The quantitative estimate of drug-likeness (QED) is 0.679. The molecule has 4 N–H and O–H groups in total. The lowest BCUT2D eigenvalue weighted by atomic mass is 9.89. The summed E-state index contributed by atoms with van der Waals surface area (Å²) < 4.78 is 1.15. The Kier molecular flexibility index (Phi) is 4.80. The lowest BCUT2D eigenvalue weighted by molar-refractivity contribution is 0.0546. The van der Waals surface area contributed by atoms with Crippen LogP contribution in [0.4, 0.5) is 0 Å². The Bertz CT molecular complexity index is 593. The smallest absolute Gasteiger partial charge is 0.0882 e. The fourth-order valence-electron chi connectivity index (χ4n) is 3.49. The highest BCUT2D eigenvalue weighted by molar-refractivity contribution is 7.19. The van der Waals surface area contributed by atoms with Crippen LogP contribution in [-0.2, 0) is 0 Å². The number of benzene rings is 1. The van der Waals surface area contributed by atoms with E-state index >= 15 is 0 Å². The van der Waals surface area contributed by atoms with E-state index in [2.05, 4.69) is 0 Å². The van der Waals surface area contributed by atoms with Crippen LogP contribution in [0.3, 0.4) is 0 Å². The number of fused-ring (bicyclic) bond motifs is 1. The normalized spacial score (nSPS) is 30.0. The molecule has 3 rings (SSSR count). The first-order chi connectivity index (χ1) is 10.6. The molecule has 1 unspecified atom stereocenters.